The number of aromatic amines is 1. The number of hydrogen-bond donors (Lipinski definition) is 2. The van der Waals surface area contributed by atoms with Gasteiger partial charge in [0.1, 0.15) is 0 Å². The number of halogens is 1. The molecule has 3 nitrogen and oxygen atoms in total. The summed E-state index contributed by atoms with van der Waals surface area (Å²) >= 11 is 2.13. The highest BCUT2D eigenvalue weighted by Gasteiger charge is 1.95. The summed E-state index contributed by atoms with van der Waals surface area (Å²) < 4.78 is 0.743. The van der Waals surface area contributed by atoms with Crippen molar-refractivity contribution in [2.75, 3.05) is 0 Å². The third-order valence-electron chi connectivity index (χ3n) is 1.10. The van der Waals surface area contributed by atoms with Crippen LogP contribution in [0.25, 0.3) is 0 Å². The number of pyridine rings is 1. The molecule has 2 N–H and O–H groups in total. The van der Waals surface area contributed by atoms with Crippen LogP contribution in [0, 0.1) is 0 Å². The van der Waals surface area contributed by atoms with Gasteiger partial charge in [-0.1, -0.05) is 22.6 Å². The van der Waals surface area contributed by atoms with Crippen molar-refractivity contribution in [1.82, 2.24) is 4.98 Å². The highest BCUT2D eigenvalue weighted by molar-refractivity contribution is 14.1. The summed E-state index contributed by atoms with van der Waals surface area (Å²) in [6, 6.07) is 1.39. The van der Waals surface area contributed by atoms with Gasteiger partial charge in [0.2, 0.25) is 5.43 Å². The zero-order valence-electron chi connectivity index (χ0n) is 5.10. The molecule has 1 heterocycles. The van der Waals surface area contributed by atoms with E-state index in [1.54, 1.807) is 0 Å². The zero-order valence-corrected chi connectivity index (χ0v) is 7.25. The van der Waals surface area contributed by atoms with Crippen LogP contribution in [-0.4, -0.2) is 10.1 Å². The summed E-state index contributed by atoms with van der Waals surface area (Å²) in [4.78, 5) is 13.5. The van der Waals surface area contributed by atoms with Crippen molar-refractivity contribution < 1.29 is 5.11 Å². The number of aromatic hydroxyl groups is 1. The Kier molecular flexibility index (Phi) is 2.31. The Morgan fingerprint density at radius 1 is 1.70 bits per heavy atom. The average Bonchev–Trinajstić information content (AvgIpc) is 1.95. The maximum absolute atomic E-state index is 10.7. The predicted molar refractivity (Wildman–Crippen MR) is 46.5 cm³/mol. The first-order valence-corrected chi connectivity index (χ1v) is 4.23. The Labute approximate surface area is 71.2 Å². The highest BCUT2D eigenvalue weighted by atomic mass is 127. The second kappa shape index (κ2) is 3.05. The molecule has 0 aromatic carbocycles. The maximum atomic E-state index is 10.7. The molecule has 1 aromatic heterocycles. The molecule has 0 amide bonds. The van der Waals surface area contributed by atoms with E-state index in [9.17, 15) is 4.79 Å². The van der Waals surface area contributed by atoms with Gasteiger partial charge in [0, 0.05) is 22.4 Å². The molecular formula is C6H6INO2. The van der Waals surface area contributed by atoms with E-state index < -0.39 is 0 Å². The predicted octanol–water partition coefficient (Wildman–Crippen LogP) is 1.02. The lowest BCUT2D eigenvalue weighted by Crippen LogP contribution is -2.00. The van der Waals surface area contributed by atoms with Gasteiger partial charge in [-0.15, -0.1) is 0 Å². The molecule has 0 aliphatic carbocycles. The first-order valence-electron chi connectivity index (χ1n) is 2.70. The molecule has 0 spiro atoms. The molecule has 54 valence electrons. The lowest BCUT2D eigenvalue weighted by Gasteiger charge is -1.93. The summed E-state index contributed by atoms with van der Waals surface area (Å²) in [5, 5.41) is 8.79. The van der Waals surface area contributed by atoms with Crippen LogP contribution in [-0.2, 0) is 4.43 Å². The molecule has 0 fully saturated rings. The first kappa shape index (κ1) is 7.59. The minimum atomic E-state index is -0.328. The highest BCUT2D eigenvalue weighted by Crippen LogP contribution is 2.02. The van der Waals surface area contributed by atoms with Crippen molar-refractivity contribution in [1.29, 1.82) is 0 Å². The van der Waals surface area contributed by atoms with Crippen molar-refractivity contribution in [2.24, 2.45) is 0 Å². The number of aromatic nitrogens is 1. The normalized spacial score (nSPS) is 9.70. The molecule has 0 radical (unpaired) electrons. The largest absolute Gasteiger partial charge is 0.503 e. The molecule has 0 saturated carbocycles. The quantitative estimate of drug-likeness (QED) is 0.578. The fraction of sp³-hybridized carbons (Fsp3) is 0.167. The summed E-state index contributed by atoms with van der Waals surface area (Å²) in [7, 11) is 0. The third kappa shape index (κ3) is 1.50. The van der Waals surface area contributed by atoms with Crippen LogP contribution >= 0.6 is 22.6 Å². The van der Waals surface area contributed by atoms with Gasteiger partial charge in [0.05, 0.1) is 0 Å². The molecule has 10 heavy (non-hydrogen) atoms. The number of hydrogen-bond acceptors (Lipinski definition) is 2. The second-order valence-corrected chi connectivity index (χ2v) is 2.60. The van der Waals surface area contributed by atoms with Crippen molar-refractivity contribution in [3.63, 3.8) is 0 Å². The molecular weight excluding hydrogens is 245 g/mol. The summed E-state index contributed by atoms with van der Waals surface area (Å²) in [6.45, 7) is 0. The van der Waals surface area contributed by atoms with Gasteiger partial charge in [0.15, 0.2) is 5.75 Å². The van der Waals surface area contributed by atoms with Crippen LogP contribution in [0.1, 0.15) is 5.69 Å². The van der Waals surface area contributed by atoms with Gasteiger partial charge >= 0.3 is 0 Å². The molecule has 4 heteroatoms. The van der Waals surface area contributed by atoms with Crippen molar-refractivity contribution >= 4 is 22.6 Å². The van der Waals surface area contributed by atoms with Gasteiger partial charge in [-0.05, 0) is 0 Å². The van der Waals surface area contributed by atoms with Crippen LogP contribution in [0.2, 0.25) is 0 Å². The summed E-state index contributed by atoms with van der Waals surface area (Å²) in [6.07, 6.45) is 1.30. The van der Waals surface area contributed by atoms with Gasteiger partial charge in [0.25, 0.3) is 0 Å². The van der Waals surface area contributed by atoms with Gasteiger partial charge < -0.3 is 10.1 Å². The summed E-state index contributed by atoms with van der Waals surface area (Å²) in [5.41, 5.74) is 0.494. The van der Waals surface area contributed by atoms with Crippen molar-refractivity contribution in [2.45, 2.75) is 4.43 Å². The molecule has 0 aliphatic heterocycles. The Bertz CT molecular complexity index is 281. The summed E-state index contributed by atoms with van der Waals surface area (Å²) in [5.74, 6) is -0.228. The van der Waals surface area contributed by atoms with E-state index in [2.05, 4.69) is 27.6 Å². The molecule has 0 atom stereocenters. The average molecular weight is 251 g/mol. The Morgan fingerprint density at radius 2 is 2.40 bits per heavy atom. The Hall–Kier alpha value is -0.520. The van der Waals surface area contributed by atoms with E-state index in [0.29, 0.717) is 0 Å². The van der Waals surface area contributed by atoms with Crippen LogP contribution in [0.4, 0.5) is 0 Å². The fourth-order valence-corrected chi connectivity index (χ4v) is 1.02. The van der Waals surface area contributed by atoms with Crippen LogP contribution in [0.3, 0.4) is 0 Å². The van der Waals surface area contributed by atoms with Crippen LogP contribution in [0.15, 0.2) is 17.1 Å². The van der Waals surface area contributed by atoms with E-state index in [1.807, 2.05) is 0 Å². The molecule has 1 rings (SSSR count). The van der Waals surface area contributed by atoms with E-state index in [4.69, 9.17) is 5.11 Å². The SMILES string of the molecule is O=c1cc(CI)[nH]cc1O. The maximum Gasteiger partial charge on any atom is 0.223 e. The molecule has 0 unspecified atom stereocenters. The van der Waals surface area contributed by atoms with E-state index in [0.717, 1.165) is 10.1 Å². The molecule has 0 saturated heterocycles. The van der Waals surface area contributed by atoms with Crippen LogP contribution in [0.5, 0.6) is 5.75 Å². The Morgan fingerprint density at radius 3 is 2.90 bits per heavy atom. The lowest BCUT2D eigenvalue weighted by atomic mass is 10.4. The number of nitrogens with one attached hydrogen (secondary N) is 1. The fourth-order valence-electron chi connectivity index (χ4n) is 0.583. The monoisotopic (exact) mass is 251 g/mol. The lowest BCUT2D eigenvalue weighted by molar-refractivity contribution is 0.467. The van der Waals surface area contributed by atoms with Gasteiger partial charge in [-0.25, -0.2) is 0 Å². The third-order valence-corrected chi connectivity index (χ3v) is 1.92. The standard InChI is InChI=1S/C6H6INO2/c7-2-4-1-5(9)6(10)3-8-4/h1,3,10H,2H2,(H,8,9). The second-order valence-electron chi connectivity index (χ2n) is 1.84. The van der Waals surface area contributed by atoms with Gasteiger partial charge in [-0.3, -0.25) is 4.79 Å². The number of rotatable bonds is 1. The minimum absolute atomic E-state index is 0.228. The zero-order chi connectivity index (χ0) is 7.56. The minimum Gasteiger partial charge on any atom is -0.503 e. The number of H-pyrrole nitrogens is 1. The topological polar surface area (TPSA) is 53.1 Å². The van der Waals surface area contributed by atoms with E-state index >= 15 is 0 Å². The van der Waals surface area contributed by atoms with E-state index in [-0.39, 0.29) is 11.2 Å². The Balaban J connectivity index is 3.17. The van der Waals surface area contributed by atoms with Crippen molar-refractivity contribution in [3.8, 4) is 5.75 Å². The number of alkyl halides is 1. The molecule has 1 aromatic rings. The first-order chi connectivity index (χ1) is 4.74. The molecule has 0 bridgehead atoms. The molecule has 0 aliphatic rings. The van der Waals surface area contributed by atoms with Gasteiger partial charge in [-0.2, -0.15) is 0 Å². The van der Waals surface area contributed by atoms with Crippen molar-refractivity contribution in [3.05, 3.63) is 28.2 Å². The van der Waals surface area contributed by atoms with Crippen LogP contribution < -0.4 is 5.43 Å². The van der Waals surface area contributed by atoms with E-state index in [1.165, 1.54) is 12.3 Å². The smallest absolute Gasteiger partial charge is 0.223 e.